The van der Waals surface area contributed by atoms with Gasteiger partial charge in [0.05, 0.1) is 28.1 Å². The van der Waals surface area contributed by atoms with Crippen molar-refractivity contribution in [3.63, 3.8) is 0 Å². The molecule has 6 nitrogen and oxygen atoms in total. The van der Waals surface area contributed by atoms with E-state index in [-0.39, 0.29) is 24.3 Å². The van der Waals surface area contributed by atoms with Gasteiger partial charge in [0.2, 0.25) is 5.91 Å². The Hall–Kier alpha value is -1.47. The van der Waals surface area contributed by atoms with Gasteiger partial charge in [0.15, 0.2) is 0 Å². The van der Waals surface area contributed by atoms with Crippen LogP contribution in [0.4, 0.5) is 5.69 Å². The molecule has 0 spiro atoms. The average Bonchev–Trinajstić information content (AvgIpc) is 2.98. The number of aliphatic hydroxyl groups is 1. The topological polar surface area (TPSA) is 86.4 Å². The first-order valence-electron chi connectivity index (χ1n) is 8.64. The zero-order chi connectivity index (χ0) is 18.8. The third-order valence-electron chi connectivity index (χ3n) is 4.89. The summed E-state index contributed by atoms with van der Waals surface area (Å²) < 4.78 is 5.23. The molecule has 8 heteroatoms. The van der Waals surface area contributed by atoms with Gasteiger partial charge in [-0.15, -0.1) is 0 Å². The monoisotopic (exact) mass is 399 g/mol. The van der Waals surface area contributed by atoms with E-state index in [2.05, 4.69) is 15.6 Å². The summed E-state index contributed by atoms with van der Waals surface area (Å²) >= 11 is 12.8. The number of halogens is 2. The zero-order valence-electron chi connectivity index (χ0n) is 14.8. The summed E-state index contributed by atoms with van der Waals surface area (Å²) in [7, 11) is 1.66. The van der Waals surface area contributed by atoms with Crippen molar-refractivity contribution in [1.29, 1.82) is 0 Å². The SMILES string of the molecule is COCCC1CNC(=O)C(C)c2c1[nH]c1c(Cl)c(Cl)cc(NCCO)c21. The zero-order valence-corrected chi connectivity index (χ0v) is 16.3. The molecule has 1 aromatic heterocycles. The molecule has 1 amide bonds. The maximum Gasteiger partial charge on any atom is 0.227 e. The minimum Gasteiger partial charge on any atom is -0.395 e. The Morgan fingerprint density at radius 2 is 2.19 bits per heavy atom. The number of aromatic amines is 1. The van der Waals surface area contributed by atoms with Crippen LogP contribution in [-0.2, 0) is 9.53 Å². The van der Waals surface area contributed by atoms with Gasteiger partial charge in [-0.25, -0.2) is 0 Å². The van der Waals surface area contributed by atoms with E-state index in [1.807, 2.05) is 6.92 Å². The van der Waals surface area contributed by atoms with Gasteiger partial charge in [-0.1, -0.05) is 23.2 Å². The normalized spacial score (nSPS) is 20.0. The molecular formula is C18H23Cl2N3O3. The summed E-state index contributed by atoms with van der Waals surface area (Å²) in [5.41, 5.74) is 3.38. The highest BCUT2D eigenvalue weighted by Gasteiger charge is 2.32. The quantitative estimate of drug-likeness (QED) is 0.600. The lowest BCUT2D eigenvalue weighted by molar-refractivity contribution is -0.122. The Labute approximate surface area is 162 Å². The second-order valence-electron chi connectivity index (χ2n) is 6.52. The van der Waals surface area contributed by atoms with Gasteiger partial charge < -0.3 is 25.5 Å². The van der Waals surface area contributed by atoms with Crippen molar-refractivity contribution in [3.05, 3.63) is 27.4 Å². The van der Waals surface area contributed by atoms with Crippen LogP contribution in [0, 0.1) is 0 Å². The minimum absolute atomic E-state index is 0.0130. The highest BCUT2D eigenvalue weighted by atomic mass is 35.5. The van der Waals surface area contributed by atoms with E-state index in [4.69, 9.17) is 27.9 Å². The fraction of sp³-hybridized carbons (Fsp3) is 0.500. The Balaban J connectivity index is 2.25. The van der Waals surface area contributed by atoms with Gasteiger partial charge in [-0.3, -0.25) is 4.79 Å². The second-order valence-corrected chi connectivity index (χ2v) is 7.30. The molecule has 3 rings (SSSR count). The molecule has 0 saturated carbocycles. The highest BCUT2D eigenvalue weighted by molar-refractivity contribution is 6.45. The number of anilines is 1. The Morgan fingerprint density at radius 3 is 2.88 bits per heavy atom. The summed E-state index contributed by atoms with van der Waals surface area (Å²) in [6.45, 7) is 3.38. The Morgan fingerprint density at radius 1 is 1.42 bits per heavy atom. The van der Waals surface area contributed by atoms with Crippen molar-refractivity contribution in [2.75, 3.05) is 38.7 Å². The molecule has 1 aliphatic heterocycles. The van der Waals surface area contributed by atoms with Crippen molar-refractivity contribution in [1.82, 2.24) is 10.3 Å². The molecule has 1 aliphatic rings. The van der Waals surface area contributed by atoms with Crippen molar-refractivity contribution >= 4 is 45.7 Å². The number of amides is 1. The lowest BCUT2D eigenvalue weighted by Crippen LogP contribution is -2.28. The summed E-state index contributed by atoms with van der Waals surface area (Å²) in [6.07, 6.45) is 0.772. The van der Waals surface area contributed by atoms with E-state index in [0.29, 0.717) is 35.3 Å². The number of methoxy groups -OCH3 is 1. The number of hydrogen-bond donors (Lipinski definition) is 4. The maximum atomic E-state index is 12.5. The highest BCUT2D eigenvalue weighted by Crippen LogP contribution is 2.44. The van der Waals surface area contributed by atoms with Gasteiger partial charge in [0, 0.05) is 49.5 Å². The van der Waals surface area contributed by atoms with Crippen molar-refractivity contribution in [3.8, 4) is 0 Å². The summed E-state index contributed by atoms with van der Waals surface area (Å²) in [5, 5.41) is 17.1. The first kappa shape index (κ1) is 19.3. The number of fused-ring (bicyclic) bond motifs is 3. The van der Waals surface area contributed by atoms with Crippen LogP contribution in [-0.4, -0.2) is 49.4 Å². The van der Waals surface area contributed by atoms with E-state index in [0.717, 1.165) is 28.8 Å². The standard InChI is InChI=1S/C18H23Cl2N3O3/c1-9-13-14-12(21-4-5-24)7-11(19)15(20)17(14)23-16(13)10(3-6-26-2)8-22-18(9)25/h7,9-10,21,23-24H,3-6,8H2,1-2H3,(H,22,25). The van der Waals surface area contributed by atoms with E-state index in [1.54, 1.807) is 13.2 Å². The third-order valence-corrected chi connectivity index (χ3v) is 5.68. The fourth-order valence-electron chi connectivity index (χ4n) is 3.58. The molecular weight excluding hydrogens is 377 g/mol. The van der Waals surface area contributed by atoms with Gasteiger partial charge in [0.25, 0.3) is 0 Å². The predicted octanol–water partition coefficient (Wildman–Crippen LogP) is 3.23. The van der Waals surface area contributed by atoms with Crippen LogP contribution in [0.3, 0.4) is 0 Å². The third kappa shape index (κ3) is 3.39. The number of aliphatic hydroxyl groups excluding tert-OH is 1. The number of carbonyl (C=O) groups excluding carboxylic acids is 1. The van der Waals surface area contributed by atoms with Crippen LogP contribution in [0.25, 0.3) is 10.9 Å². The molecule has 2 aromatic rings. The molecule has 0 bridgehead atoms. The molecule has 2 atom stereocenters. The molecule has 26 heavy (non-hydrogen) atoms. The number of carbonyl (C=O) groups is 1. The maximum absolute atomic E-state index is 12.5. The van der Waals surface area contributed by atoms with E-state index in [9.17, 15) is 9.90 Å². The second kappa shape index (κ2) is 8.05. The van der Waals surface area contributed by atoms with Gasteiger partial charge >= 0.3 is 0 Å². The van der Waals surface area contributed by atoms with Crippen LogP contribution >= 0.6 is 23.2 Å². The van der Waals surface area contributed by atoms with Crippen LogP contribution in [0.5, 0.6) is 0 Å². The van der Waals surface area contributed by atoms with Crippen molar-refractivity contribution in [2.24, 2.45) is 0 Å². The molecule has 2 heterocycles. The molecule has 0 aliphatic carbocycles. The predicted molar refractivity (Wildman–Crippen MR) is 105 cm³/mol. The lowest BCUT2D eigenvalue weighted by Gasteiger charge is -2.14. The number of H-pyrrole nitrogens is 1. The summed E-state index contributed by atoms with van der Waals surface area (Å²) in [6, 6.07) is 1.75. The fourth-order valence-corrected chi connectivity index (χ4v) is 3.98. The van der Waals surface area contributed by atoms with E-state index in [1.165, 1.54) is 0 Å². The number of nitrogens with one attached hydrogen (secondary N) is 3. The molecule has 1 aromatic carbocycles. The largest absolute Gasteiger partial charge is 0.395 e. The number of ether oxygens (including phenoxy) is 1. The molecule has 4 N–H and O–H groups in total. The van der Waals surface area contributed by atoms with Gasteiger partial charge in [0.1, 0.15) is 0 Å². The van der Waals surface area contributed by atoms with Gasteiger partial charge in [-0.2, -0.15) is 0 Å². The average molecular weight is 400 g/mol. The van der Waals surface area contributed by atoms with Crippen molar-refractivity contribution in [2.45, 2.75) is 25.2 Å². The van der Waals surface area contributed by atoms with Crippen molar-refractivity contribution < 1.29 is 14.6 Å². The lowest BCUT2D eigenvalue weighted by atomic mass is 9.91. The number of hydrogen-bond acceptors (Lipinski definition) is 4. The summed E-state index contributed by atoms with van der Waals surface area (Å²) in [4.78, 5) is 16.0. The van der Waals surface area contributed by atoms with Crippen LogP contribution in [0.15, 0.2) is 6.07 Å². The molecule has 0 saturated heterocycles. The summed E-state index contributed by atoms with van der Waals surface area (Å²) in [5.74, 6) is -0.267. The first-order chi connectivity index (χ1) is 12.5. The van der Waals surface area contributed by atoms with Crippen LogP contribution < -0.4 is 10.6 Å². The molecule has 0 radical (unpaired) electrons. The molecule has 142 valence electrons. The molecule has 0 fully saturated rings. The molecule has 2 unspecified atom stereocenters. The number of benzene rings is 1. The Bertz CT molecular complexity index is 822. The minimum atomic E-state index is -0.335. The Kier molecular flexibility index (Phi) is 5.97. The first-order valence-corrected chi connectivity index (χ1v) is 9.40. The number of aromatic nitrogens is 1. The smallest absolute Gasteiger partial charge is 0.227 e. The van der Waals surface area contributed by atoms with Crippen LogP contribution in [0.1, 0.15) is 36.4 Å². The van der Waals surface area contributed by atoms with E-state index < -0.39 is 0 Å². The van der Waals surface area contributed by atoms with Crippen LogP contribution in [0.2, 0.25) is 10.0 Å². The number of rotatable bonds is 6. The van der Waals surface area contributed by atoms with E-state index >= 15 is 0 Å². The van der Waals surface area contributed by atoms with Gasteiger partial charge in [-0.05, 0) is 25.0 Å².